The van der Waals surface area contributed by atoms with E-state index in [0.29, 0.717) is 15.9 Å². The lowest BCUT2D eigenvalue weighted by Gasteiger charge is -2.28. The van der Waals surface area contributed by atoms with Crippen molar-refractivity contribution in [1.29, 1.82) is 0 Å². The maximum absolute atomic E-state index is 14.2. The molecule has 2 heterocycles. The summed E-state index contributed by atoms with van der Waals surface area (Å²) in [6.07, 6.45) is 4.92. The lowest BCUT2D eigenvalue weighted by atomic mass is 10.1. The second kappa shape index (κ2) is 5.21. The van der Waals surface area contributed by atoms with Gasteiger partial charge in [-0.1, -0.05) is 11.6 Å². The number of rotatable bonds is 1. The van der Waals surface area contributed by atoms with Crippen LogP contribution in [0.1, 0.15) is 19.3 Å². The highest BCUT2D eigenvalue weighted by molar-refractivity contribution is 9.10. The minimum Gasteiger partial charge on any atom is -0.356 e. The van der Waals surface area contributed by atoms with Crippen LogP contribution in [-0.2, 0) is 0 Å². The summed E-state index contributed by atoms with van der Waals surface area (Å²) < 4.78 is 14.4. The van der Waals surface area contributed by atoms with Gasteiger partial charge in [-0.2, -0.15) is 0 Å². The predicted molar refractivity (Wildman–Crippen MR) is 78.3 cm³/mol. The number of nitrogens with zero attached hydrogens (tertiary/aromatic N) is 3. The van der Waals surface area contributed by atoms with Crippen LogP contribution in [0.4, 0.5) is 10.2 Å². The van der Waals surface area contributed by atoms with E-state index in [1.165, 1.54) is 12.7 Å². The molecule has 0 aliphatic carbocycles. The van der Waals surface area contributed by atoms with Crippen molar-refractivity contribution in [3.8, 4) is 0 Å². The molecule has 0 saturated carbocycles. The zero-order valence-corrected chi connectivity index (χ0v) is 12.5. The van der Waals surface area contributed by atoms with Gasteiger partial charge in [0.1, 0.15) is 17.7 Å². The Bertz CT molecular complexity index is 629. The Labute approximate surface area is 123 Å². The Morgan fingerprint density at radius 1 is 1.21 bits per heavy atom. The fourth-order valence-corrected chi connectivity index (χ4v) is 2.94. The van der Waals surface area contributed by atoms with Crippen molar-refractivity contribution in [2.75, 3.05) is 18.0 Å². The minimum atomic E-state index is -0.428. The average Bonchev–Trinajstić information content (AvgIpc) is 2.45. The molecular weight excluding hydrogens is 333 g/mol. The molecule has 1 aromatic heterocycles. The zero-order valence-electron chi connectivity index (χ0n) is 10.2. The Morgan fingerprint density at radius 2 is 1.95 bits per heavy atom. The molecule has 0 bridgehead atoms. The van der Waals surface area contributed by atoms with Crippen LogP contribution >= 0.6 is 27.5 Å². The number of anilines is 1. The third kappa shape index (κ3) is 2.30. The number of benzene rings is 1. The van der Waals surface area contributed by atoms with Crippen LogP contribution in [0.2, 0.25) is 5.02 Å². The molecule has 0 amide bonds. The van der Waals surface area contributed by atoms with Crippen molar-refractivity contribution in [1.82, 2.24) is 9.97 Å². The summed E-state index contributed by atoms with van der Waals surface area (Å²) in [7, 11) is 0. The second-order valence-corrected chi connectivity index (χ2v) is 5.83. The summed E-state index contributed by atoms with van der Waals surface area (Å²) in [6.45, 7) is 1.89. The molecule has 0 unspecified atom stereocenters. The van der Waals surface area contributed by atoms with E-state index in [0.717, 1.165) is 31.7 Å². The fraction of sp³-hybridized carbons (Fsp3) is 0.385. The third-order valence-electron chi connectivity index (χ3n) is 3.40. The van der Waals surface area contributed by atoms with E-state index in [1.807, 2.05) is 0 Å². The van der Waals surface area contributed by atoms with Gasteiger partial charge in [-0.15, -0.1) is 0 Å². The van der Waals surface area contributed by atoms with E-state index >= 15 is 0 Å². The van der Waals surface area contributed by atoms with Gasteiger partial charge in [-0.3, -0.25) is 0 Å². The monoisotopic (exact) mass is 343 g/mol. The molecule has 1 aromatic carbocycles. The van der Waals surface area contributed by atoms with Gasteiger partial charge in [0, 0.05) is 18.5 Å². The molecule has 0 spiro atoms. The van der Waals surface area contributed by atoms with Crippen LogP contribution in [0.3, 0.4) is 0 Å². The van der Waals surface area contributed by atoms with E-state index in [-0.39, 0.29) is 4.47 Å². The first-order valence-corrected chi connectivity index (χ1v) is 7.38. The molecule has 0 atom stereocenters. The molecule has 1 saturated heterocycles. The van der Waals surface area contributed by atoms with Crippen LogP contribution < -0.4 is 4.90 Å². The maximum Gasteiger partial charge on any atom is 0.165 e. The lowest BCUT2D eigenvalue weighted by molar-refractivity contribution is 0.574. The van der Waals surface area contributed by atoms with E-state index in [4.69, 9.17) is 11.6 Å². The molecule has 1 aliphatic heterocycles. The van der Waals surface area contributed by atoms with Crippen molar-refractivity contribution in [3.63, 3.8) is 0 Å². The van der Waals surface area contributed by atoms with Gasteiger partial charge in [0.05, 0.1) is 9.50 Å². The third-order valence-corrected chi connectivity index (χ3v) is 4.70. The number of hydrogen-bond acceptors (Lipinski definition) is 3. The number of aromatic nitrogens is 2. The topological polar surface area (TPSA) is 29.0 Å². The molecular formula is C13H12BrClFN3. The zero-order chi connectivity index (χ0) is 13.4. The van der Waals surface area contributed by atoms with Crippen molar-refractivity contribution >= 4 is 44.3 Å². The number of piperidine rings is 1. The van der Waals surface area contributed by atoms with E-state index in [2.05, 4.69) is 30.8 Å². The smallest absolute Gasteiger partial charge is 0.165 e. The molecule has 6 heteroatoms. The van der Waals surface area contributed by atoms with Crippen LogP contribution in [0.15, 0.2) is 16.9 Å². The van der Waals surface area contributed by atoms with Crippen molar-refractivity contribution in [2.24, 2.45) is 0 Å². The lowest BCUT2D eigenvalue weighted by Crippen LogP contribution is -2.30. The van der Waals surface area contributed by atoms with Crippen molar-refractivity contribution in [3.05, 3.63) is 27.7 Å². The highest BCUT2D eigenvalue weighted by atomic mass is 79.9. The van der Waals surface area contributed by atoms with Crippen LogP contribution in [0.5, 0.6) is 0 Å². The summed E-state index contributed by atoms with van der Waals surface area (Å²) >= 11 is 9.18. The van der Waals surface area contributed by atoms with Gasteiger partial charge in [0.15, 0.2) is 5.82 Å². The average molecular weight is 345 g/mol. The molecule has 0 N–H and O–H groups in total. The summed E-state index contributed by atoms with van der Waals surface area (Å²) in [5.74, 6) is 0.348. The van der Waals surface area contributed by atoms with Crippen LogP contribution in [0.25, 0.3) is 10.9 Å². The fourth-order valence-electron chi connectivity index (χ4n) is 2.45. The van der Waals surface area contributed by atoms with Crippen LogP contribution in [-0.4, -0.2) is 23.1 Å². The SMILES string of the molecule is Fc1c(Br)c(Cl)cc2c(N3CCCCC3)ncnc12. The quantitative estimate of drug-likeness (QED) is 0.727. The number of fused-ring (bicyclic) bond motifs is 1. The van der Waals surface area contributed by atoms with Crippen LogP contribution in [0, 0.1) is 5.82 Å². The molecule has 1 aliphatic rings. The Hall–Kier alpha value is -0.940. The Balaban J connectivity index is 2.20. The minimum absolute atomic E-state index is 0.255. The molecule has 0 radical (unpaired) electrons. The second-order valence-electron chi connectivity index (χ2n) is 4.63. The standard InChI is InChI=1S/C13H12BrClFN3/c14-10-9(15)6-8-12(11(10)16)17-7-18-13(8)19-4-2-1-3-5-19/h6-7H,1-5H2. The normalized spacial score (nSPS) is 16.1. The molecule has 2 aromatic rings. The highest BCUT2D eigenvalue weighted by Gasteiger charge is 2.19. The number of halogens is 3. The molecule has 100 valence electrons. The Kier molecular flexibility index (Phi) is 3.58. The van der Waals surface area contributed by atoms with E-state index in [1.54, 1.807) is 6.07 Å². The summed E-state index contributed by atoms with van der Waals surface area (Å²) in [5, 5.41) is 1.02. The highest BCUT2D eigenvalue weighted by Crippen LogP contribution is 2.35. The van der Waals surface area contributed by atoms with Crippen molar-refractivity contribution in [2.45, 2.75) is 19.3 Å². The van der Waals surface area contributed by atoms with E-state index in [9.17, 15) is 4.39 Å². The first-order valence-electron chi connectivity index (χ1n) is 6.21. The first-order chi connectivity index (χ1) is 9.18. The van der Waals surface area contributed by atoms with Gasteiger partial charge in [0.25, 0.3) is 0 Å². The predicted octanol–water partition coefficient (Wildman–Crippen LogP) is 4.18. The summed E-state index contributed by atoms with van der Waals surface area (Å²) in [6, 6.07) is 1.73. The van der Waals surface area contributed by atoms with Gasteiger partial charge in [-0.05, 0) is 41.3 Å². The van der Waals surface area contributed by atoms with Gasteiger partial charge >= 0.3 is 0 Å². The Morgan fingerprint density at radius 3 is 2.68 bits per heavy atom. The molecule has 3 nitrogen and oxygen atoms in total. The summed E-state index contributed by atoms with van der Waals surface area (Å²) in [4.78, 5) is 10.5. The van der Waals surface area contributed by atoms with Crippen molar-refractivity contribution < 1.29 is 4.39 Å². The number of hydrogen-bond donors (Lipinski definition) is 0. The van der Waals surface area contributed by atoms with Gasteiger partial charge in [-0.25, -0.2) is 14.4 Å². The first kappa shape index (κ1) is 13.1. The van der Waals surface area contributed by atoms with E-state index < -0.39 is 5.82 Å². The largest absolute Gasteiger partial charge is 0.356 e. The molecule has 3 rings (SSSR count). The summed E-state index contributed by atoms with van der Waals surface area (Å²) in [5.41, 5.74) is 0.312. The molecule has 19 heavy (non-hydrogen) atoms. The van der Waals surface area contributed by atoms with Gasteiger partial charge in [0.2, 0.25) is 0 Å². The maximum atomic E-state index is 14.2. The van der Waals surface area contributed by atoms with Gasteiger partial charge < -0.3 is 4.90 Å². The molecule has 1 fully saturated rings.